The molecule has 0 saturated carbocycles. The van der Waals surface area contributed by atoms with Gasteiger partial charge in [0.05, 0.1) is 36.1 Å². The molecular formula is C37H47N7O2. The first kappa shape index (κ1) is 31.9. The van der Waals surface area contributed by atoms with Gasteiger partial charge in [0.15, 0.2) is 0 Å². The highest BCUT2D eigenvalue weighted by Crippen LogP contribution is 2.34. The van der Waals surface area contributed by atoms with Crippen molar-refractivity contribution in [1.82, 2.24) is 19.8 Å². The SMILES string of the molecule is CC(C)[C@H](N)C(=O)N1CCC[C@H]1C1=NC=C(c2ccc(-c3ccc(-c4cnc([C@@H]5CCCN5C(=O)[C@@H](N)C(C)C)[nH]4)cc3)cc2)C1. The third-order valence-corrected chi connectivity index (χ3v) is 9.92. The average molecular weight is 622 g/mol. The Hall–Kier alpha value is -4.08. The summed E-state index contributed by atoms with van der Waals surface area (Å²) >= 11 is 0. The average Bonchev–Trinajstić information content (AvgIpc) is 3.89. The van der Waals surface area contributed by atoms with Gasteiger partial charge in [-0.25, -0.2) is 4.98 Å². The summed E-state index contributed by atoms with van der Waals surface area (Å²) in [6.45, 7) is 9.42. The van der Waals surface area contributed by atoms with Crippen molar-refractivity contribution < 1.29 is 9.59 Å². The summed E-state index contributed by atoms with van der Waals surface area (Å²) in [5, 5.41) is 0. The van der Waals surface area contributed by atoms with Crippen molar-refractivity contribution in [2.45, 2.75) is 84.0 Å². The smallest absolute Gasteiger partial charge is 0.240 e. The molecule has 1 aromatic heterocycles. The minimum atomic E-state index is -0.494. The first-order valence-electron chi connectivity index (χ1n) is 16.8. The van der Waals surface area contributed by atoms with Crippen LogP contribution in [0.25, 0.3) is 28.0 Å². The quantitative estimate of drug-likeness (QED) is 0.288. The monoisotopic (exact) mass is 621 g/mol. The molecular weight excluding hydrogens is 574 g/mol. The number of aromatic amines is 1. The number of likely N-dealkylation sites (tertiary alicyclic amines) is 2. The van der Waals surface area contributed by atoms with E-state index in [0.29, 0.717) is 6.54 Å². The molecule has 4 atom stereocenters. The fourth-order valence-corrected chi connectivity index (χ4v) is 6.84. The second-order valence-corrected chi connectivity index (χ2v) is 13.7. The van der Waals surface area contributed by atoms with Crippen LogP contribution < -0.4 is 11.5 Å². The van der Waals surface area contributed by atoms with Crippen LogP contribution in [-0.4, -0.2) is 68.5 Å². The van der Waals surface area contributed by atoms with E-state index in [-0.39, 0.29) is 35.7 Å². The van der Waals surface area contributed by atoms with Gasteiger partial charge in [-0.1, -0.05) is 76.2 Å². The van der Waals surface area contributed by atoms with Crippen molar-refractivity contribution in [2.75, 3.05) is 13.1 Å². The van der Waals surface area contributed by atoms with Gasteiger partial charge < -0.3 is 26.3 Å². The molecule has 4 heterocycles. The molecule has 0 aliphatic carbocycles. The van der Waals surface area contributed by atoms with Gasteiger partial charge in [-0.05, 0) is 65.3 Å². The fraction of sp³-hybridized carbons (Fsp3) is 0.459. The van der Waals surface area contributed by atoms with Gasteiger partial charge in [-0.2, -0.15) is 0 Å². The molecule has 6 rings (SSSR count). The van der Waals surface area contributed by atoms with Gasteiger partial charge in [-0.15, -0.1) is 0 Å². The predicted molar refractivity (Wildman–Crippen MR) is 184 cm³/mol. The van der Waals surface area contributed by atoms with E-state index >= 15 is 0 Å². The molecule has 2 amide bonds. The number of benzene rings is 2. The number of aliphatic imine (C=N–C) groups is 1. The van der Waals surface area contributed by atoms with Crippen molar-refractivity contribution in [3.8, 4) is 22.4 Å². The molecule has 0 unspecified atom stereocenters. The lowest BCUT2D eigenvalue weighted by atomic mass is 9.96. The van der Waals surface area contributed by atoms with Crippen molar-refractivity contribution in [3.05, 3.63) is 72.3 Å². The highest BCUT2D eigenvalue weighted by atomic mass is 16.2. The summed E-state index contributed by atoms with van der Waals surface area (Å²) < 4.78 is 0. The van der Waals surface area contributed by atoms with Crippen molar-refractivity contribution in [3.63, 3.8) is 0 Å². The van der Waals surface area contributed by atoms with Crippen molar-refractivity contribution in [2.24, 2.45) is 28.3 Å². The van der Waals surface area contributed by atoms with Gasteiger partial charge in [0.1, 0.15) is 5.82 Å². The first-order valence-corrected chi connectivity index (χ1v) is 16.8. The Morgan fingerprint density at radius 1 is 0.761 bits per heavy atom. The Morgan fingerprint density at radius 2 is 1.26 bits per heavy atom. The van der Waals surface area contributed by atoms with Crippen LogP contribution in [-0.2, 0) is 9.59 Å². The minimum absolute atomic E-state index is 0.00209. The van der Waals surface area contributed by atoms with Crippen molar-refractivity contribution >= 4 is 23.1 Å². The Labute approximate surface area is 272 Å². The summed E-state index contributed by atoms with van der Waals surface area (Å²) in [5.41, 5.74) is 20.0. The van der Waals surface area contributed by atoms with Crippen LogP contribution in [0.15, 0.2) is 65.9 Å². The predicted octanol–water partition coefficient (Wildman–Crippen LogP) is 5.55. The molecule has 9 heteroatoms. The van der Waals surface area contributed by atoms with E-state index in [1.54, 1.807) is 0 Å². The zero-order chi connectivity index (χ0) is 32.5. The van der Waals surface area contributed by atoms with E-state index in [1.165, 1.54) is 5.57 Å². The Kier molecular flexibility index (Phi) is 9.25. The zero-order valence-electron chi connectivity index (χ0n) is 27.4. The topological polar surface area (TPSA) is 134 Å². The van der Waals surface area contributed by atoms with Crippen LogP contribution in [0.1, 0.15) is 77.2 Å². The number of nitrogens with zero attached hydrogens (tertiary/aromatic N) is 4. The third-order valence-electron chi connectivity index (χ3n) is 9.92. The molecule has 0 spiro atoms. The number of nitrogens with two attached hydrogens (primary N) is 2. The largest absolute Gasteiger partial charge is 0.340 e. The molecule has 9 nitrogen and oxygen atoms in total. The molecule has 3 aliphatic rings. The second kappa shape index (κ2) is 13.3. The lowest BCUT2D eigenvalue weighted by molar-refractivity contribution is -0.135. The molecule has 242 valence electrons. The molecule has 2 saturated heterocycles. The molecule has 2 aromatic carbocycles. The van der Waals surface area contributed by atoms with E-state index in [4.69, 9.17) is 16.5 Å². The van der Waals surface area contributed by atoms with E-state index in [1.807, 2.05) is 49.9 Å². The van der Waals surface area contributed by atoms with E-state index in [0.717, 1.165) is 78.1 Å². The second-order valence-electron chi connectivity index (χ2n) is 13.7. The highest BCUT2D eigenvalue weighted by Gasteiger charge is 2.37. The number of allylic oxidation sites excluding steroid dienone is 1. The highest BCUT2D eigenvalue weighted by molar-refractivity contribution is 6.03. The lowest BCUT2D eigenvalue weighted by Crippen LogP contribution is -2.50. The van der Waals surface area contributed by atoms with E-state index in [2.05, 4.69) is 58.5 Å². The number of carbonyl (C=O) groups excluding carboxylic acids is 2. The van der Waals surface area contributed by atoms with Crippen LogP contribution in [0.5, 0.6) is 0 Å². The van der Waals surface area contributed by atoms with Crippen LogP contribution in [0.2, 0.25) is 0 Å². The molecule has 0 bridgehead atoms. The number of aromatic nitrogens is 2. The summed E-state index contributed by atoms with van der Waals surface area (Å²) in [6.07, 6.45) is 8.32. The molecule has 0 radical (unpaired) electrons. The number of hydrogen-bond acceptors (Lipinski definition) is 6. The minimum Gasteiger partial charge on any atom is -0.340 e. The van der Waals surface area contributed by atoms with Gasteiger partial charge in [0.25, 0.3) is 0 Å². The van der Waals surface area contributed by atoms with Crippen LogP contribution in [0.4, 0.5) is 0 Å². The number of rotatable bonds is 9. The number of hydrogen-bond donors (Lipinski definition) is 3. The normalized spacial score (nSPS) is 21.2. The summed E-state index contributed by atoms with van der Waals surface area (Å²) in [7, 11) is 0. The fourth-order valence-electron chi connectivity index (χ4n) is 6.84. The standard InChI is InChI=1S/C37H47N7O2/c1-22(2)33(38)36(45)43-17-5-7-31(43)29-19-28(20-40-29)26-11-9-24(10-12-26)25-13-15-27(16-14-25)30-21-41-35(42-30)32-8-6-18-44(32)37(46)34(39)23(3)4/h9-16,20-23,31-34H,5-8,17-19,38-39H2,1-4H3,(H,41,42)/t31-,32-,33-,34-/m0/s1. The van der Waals surface area contributed by atoms with Gasteiger partial charge >= 0.3 is 0 Å². The van der Waals surface area contributed by atoms with Gasteiger partial charge in [0, 0.05) is 31.4 Å². The maximum absolute atomic E-state index is 13.0. The molecule has 3 aromatic rings. The number of amides is 2. The molecule has 2 fully saturated rings. The van der Waals surface area contributed by atoms with Crippen LogP contribution in [0.3, 0.4) is 0 Å². The number of carbonyl (C=O) groups is 2. The summed E-state index contributed by atoms with van der Waals surface area (Å²) in [6, 6.07) is 16.1. The Bertz CT molecular complexity index is 1620. The third kappa shape index (κ3) is 6.31. The van der Waals surface area contributed by atoms with Crippen LogP contribution >= 0.6 is 0 Å². The Morgan fingerprint density at radius 3 is 1.83 bits per heavy atom. The summed E-state index contributed by atoms with van der Waals surface area (Å²) in [5.74, 6) is 1.06. The zero-order valence-corrected chi connectivity index (χ0v) is 27.4. The number of nitrogens with one attached hydrogen (secondary N) is 1. The molecule has 3 aliphatic heterocycles. The van der Waals surface area contributed by atoms with E-state index in [9.17, 15) is 9.59 Å². The van der Waals surface area contributed by atoms with Gasteiger partial charge in [0.2, 0.25) is 11.8 Å². The number of H-pyrrole nitrogens is 1. The maximum Gasteiger partial charge on any atom is 0.240 e. The van der Waals surface area contributed by atoms with E-state index < -0.39 is 12.1 Å². The maximum atomic E-state index is 13.0. The lowest BCUT2D eigenvalue weighted by Gasteiger charge is -2.29. The van der Waals surface area contributed by atoms with Crippen molar-refractivity contribution in [1.29, 1.82) is 0 Å². The van der Waals surface area contributed by atoms with Crippen LogP contribution in [0, 0.1) is 11.8 Å². The molecule has 5 N–H and O–H groups in total. The van der Waals surface area contributed by atoms with Gasteiger partial charge in [-0.3, -0.25) is 14.6 Å². The summed E-state index contributed by atoms with van der Waals surface area (Å²) in [4.78, 5) is 42.8. The first-order chi connectivity index (χ1) is 22.1. The number of imidazole rings is 1. The molecule has 46 heavy (non-hydrogen) atoms. The Balaban J connectivity index is 1.08.